The predicted molar refractivity (Wildman–Crippen MR) is 133 cm³/mol. The molecule has 1 aliphatic heterocycles. The van der Waals surface area contributed by atoms with Crippen LogP contribution in [0.1, 0.15) is 16.7 Å². The zero-order chi connectivity index (χ0) is 23.9. The first-order valence-electron chi connectivity index (χ1n) is 10.8. The van der Waals surface area contributed by atoms with Crippen LogP contribution in [0, 0.1) is 10.1 Å². The van der Waals surface area contributed by atoms with Crippen LogP contribution in [0.15, 0.2) is 102 Å². The molecule has 0 bridgehead atoms. The number of nitrogens with zero attached hydrogens (tertiary/aromatic N) is 2. The van der Waals surface area contributed by atoms with E-state index in [4.69, 9.17) is 0 Å². The van der Waals surface area contributed by atoms with Gasteiger partial charge in [-0.25, -0.2) is 0 Å². The monoisotopic (exact) mass is 450 g/mol. The highest BCUT2D eigenvalue weighted by atomic mass is 16.6. The Bertz CT molecular complexity index is 1230. The van der Waals surface area contributed by atoms with E-state index in [1.165, 1.54) is 18.2 Å². The topological polar surface area (TPSA) is 80.5 Å². The number of rotatable bonds is 5. The minimum absolute atomic E-state index is 0.00981. The number of Topliss-reactive ketones (excluding diaryl/α,β-unsaturated/α-hetero) is 1. The van der Waals surface area contributed by atoms with Crippen molar-refractivity contribution in [3.05, 3.63) is 129 Å². The maximum atomic E-state index is 13.2. The fourth-order valence-corrected chi connectivity index (χ4v) is 3.68. The summed E-state index contributed by atoms with van der Waals surface area (Å²) in [6.45, 7) is 0.395. The van der Waals surface area contributed by atoms with Crippen molar-refractivity contribution in [1.82, 2.24) is 4.90 Å². The Morgan fingerprint density at radius 1 is 0.765 bits per heavy atom. The first kappa shape index (κ1) is 22.6. The number of carbonyl (C=O) groups excluding carboxylic acids is 2. The summed E-state index contributed by atoms with van der Waals surface area (Å²) in [5.74, 6) is -0.320. The normalized spacial score (nSPS) is 16.4. The Balaban J connectivity index is 1.61. The second kappa shape index (κ2) is 10.4. The molecule has 0 aliphatic carbocycles. The first-order valence-corrected chi connectivity index (χ1v) is 10.8. The van der Waals surface area contributed by atoms with Crippen LogP contribution in [-0.4, -0.2) is 34.6 Å². The van der Waals surface area contributed by atoms with E-state index < -0.39 is 4.92 Å². The number of benzene rings is 3. The van der Waals surface area contributed by atoms with E-state index in [1.54, 1.807) is 23.1 Å². The predicted octanol–water partition coefficient (Wildman–Crippen LogP) is 5.19. The Morgan fingerprint density at radius 2 is 1.26 bits per heavy atom. The first-order chi connectivity index (χ1) is 16.5. The maximum Gasteiger partial charge on any atom is 0.269 e. The number of amides is 1. The number of piperidine rings is 1. The van der Waals surface area contributed by atoms with Crippen molar-refractivity contribution in [2.75, 3.05) is 13.1 Å². The van der Waals surface area contributed by atoms with E-state index in [-0.39, 0.29) is 30.5 Å². The zero-order valence-corrected chi connectivity index (χ0v) is 18.3. The molecule has 1 fully saturated rings. The highest BCUT2D eigenvalue weighted by Crippen LogP contribution is 2.23. The summed E-state index contributed by atoms with van der Waals surface area (Å²) in [5, 5.41) is 10.8. The number of likely N-dealkylation sites (tertiary alicyclic amines) is 1. The van der Waals surface area contributed by atoms with E-state index in [0.29, 0.717) is 16.7 Å². The smallest absolute Gasteiger partial charge is 0.269 e. The molecule has 1 heterocycles. The Hall–Kier alpha value is -4.58. The van der Waals surface area contributed by atoms with Gasteiger partial charge in [0.2, 0.25) is 5.91 Å². The van der Waals surface area contributed by atoms with Gasteiger partial charge in [-0.15, -0.1) is 0 Å². The number of non-ortho nitro benzene ring substituents is 1. The summed E-state index contributed by atoms with van der Waals surface area (Å²) >= 11 is 0. The quantitative estimate of drug-likeness (QED) is 0.305. The second-order valence-corrected chi connectivity index (χ2v) is 7.87. The van der Waals surface area contributed by atoms with Crippen LogP contribution in [-0.2, 0) is 9.59 Å². The largest absolute Gasteiger partial charge is 0.330 e. The fraction of sp³-hybridized carbons (Fsp3) is 0.0714. The highest BCUT2D eigenvalue weighted by molar-refractivity contribution is 6.15. The Labute approximate surface area is 197 Å². The molecule has 0 spiro atoms. The van der Waals surface area contributed by atoms with Gasteiger partial charge in [0.05, 0.1) is 18.0 Å². The number of ketones is 1. The van der Waals surface area contributed by atoms with Crippen LogP contribution in [0.2, 0.25) is 0 Å². The lowest BCUT2D eigenvalue weighted by molar-refractivity contribution is -0.384. The van der Waals surface area contributed by atoms with Crippen molar-refractivity contribution in [3.63, 3.8) is 0 Å². The third kappa shape index (κ3) is 5.61. The third-order valence-electron chi connectivity index (χ3n) is 5.42. The molecule has 0 radical (unpaired) electrons. The summed E-state index contributed by atoms with van der Waals surface area (Å²) in [6, 6.07) is 25.0. The average Bonchev–Trinajstić information content (AvgIpc) is 2.86. The van der Waals surface area contributed by atoms with Gasteiger partial charge in [0.15, 0.2) is 5.78 Å². The lowest BCUT2D eigenvalue weighted by Crippen LogP contribution is -2.40. The number of nitro benzene ring substituents is 1. The van der Waals surface area contributed by atoms with Crippen LogP contribution in [0.25, 0.3) is 18.2 Å². The number of nitro groups is 1. The van der Waals surface area contributed by atoms with E-state index in [9.17, 15) is 19.7 Å². The number of hydrogen-bond acceptors (Lipinski definition) is 4. The zero-order valence-electron chi connectivity index (χ0n) is 18.3. The van der Waals surface area contributed by atoms with E-state index in [2.05, 4.69) is 0 Å². The Kier molecular flexibility index (Phi) is 6.89. The van der Waals surface area contributed by atoms with Gasteiger partial charge < -0.3 is 4.90 Å². The minimum atomic E-state index is -0.468. The summed E-state index contributed by atoms with van der Waals surface area (Å²) in [6.07, 6.45) is 6.68. The van der Waals surface area contributed by atoms with Gasteiger partial charge in [-0.3, -0.25) is 19.7 Å². The van der Waals surface area contributed by atoms with E-state index >= 15 is 0 Å². The van der Waals surface area contributed by atoms with Crippen molar-refractivity contribution >= 4 is 35.6 Å². The SMILES string of the molecule is O=C1/C(=C/c2ccccc2)CN(C(=O)/C=C/c2ccc([N+](=O)[O-])cc2)C/C1=C\c1ccccc1. The molecular formula is C28H22N2O4. The third-order valence-corrected chi connectivity index (χ3v) is 5.42. The summed E-state index contributed by atoms with van der Waals surface area (Å²) in [7, 11) is 0. The van der Waals surface area contributed by atoms with Crippen molar-refractivity contribution in [2.24, 2.45) is 0 Å². The summed E-state index contributed by atoms with van der Waals surface area (Å²) in [4.78, 5) is 38.2. The van der Waals surface area contributed by atoms with Crippen LogP contribution < -0.4 is 0 Å². The molecule has 1 aliphatic rings. The standard InChI is InChI=1S/C28H22N2O4/c31-27(16-13-21-11-14-26(15-12-21)30(33)34)29-19-24(17-22-7-3-1-4-8-22)28(32)25(20-29)18-23-9-5-2-6-10-23/h1-18H,19-20H2/b16-13+,24-17+,25-18+. The molecule has 0 atom stereocenters. The summed E-state index contributed by atoms with van der Waals surface area (Å²) < 4.78 is 0. The maximum absolute atomic E-state index is 13.2. The molecule has 1 saturated heterocycles. The molecule has 6 nitrogen and oxygen atoms in total. The van der Waals surface area contributed by atoms with Crippen LogP contribution in [0.5, 0.6) is 0 Å². The van der Waals surface area contributed by atoms with Gasteiger partial charge in [0.1, 0.15) is 0 Å². The van der Waals surface area contributed by atoms with Gasteiger partial charge in [-0.2, -0.15) is 0 Å². The molecular weight excluding hydrogens is 428 g/mol. The molecule has 1 amide bonds. The lowest BCUT2D eigenvalue weighted by Gasteiger charge is -2.29. The van der Waals surface area contributed by atoms with E-state index in [0.717, 1.165) is 11.1 Å². The summed E-state index contributed by atoms with van der Waals surface area (Å²) in [5.41, 5.74) is 3.52. The van der Waals surface area contributed by atoms with Crippen LogP contribution >= 0.6 is 0 Å². The van der Waals surface area contributed by atoms with Crippen molar-refractivity contribution in [3.8, 4) is 0 Å². The second-order valence-electron chi connectivity index (χ2n) is 7.87. The molecule has 0 unspecified atom stereocenters. The van der Waals surface area contributed by atoms with Crippen molar-refractivity contribution < 1.29 is 14.5 Å². The molecule has 3 aromatic rings. The van der Waals surface area contributed by atoms with Crippen molar-refractivity contribution in [1.29, 1.82) is 0 Å². The molecule has 0 aromatic heterocycles. The van der Waals surface area contributed by atoms with Gasteiger partial charge in [0, 0.05) is 29.4 Å². The minimum Gasteiger partial charge on any atom is -0.330 e. The molecule has 168 valence electrons. The average molecular weight is 450 g/mol. The Morgan fingerprint density at radius 3 is 1.74 bits per heavy atom. The number of hydrogen-bond donors (Lipinski definition) is 0. The fourth-order valence-electron chi connectivity index (χ4n) is 3.68. The van der Waals surface area contributed by atoms with E-state index in [1.807, 2.05) is 72.8 Å². The number of carbonyl (C=O) groups is 2. The molecule has 34 heavy (non-hydrogen) atoms. The van der Waals surface area contributed by atoms with Gasteiger partial charge >= 0.3 is 0 Å². The molecule has 0 N–H and O–H groups in total. The molecule has 3 aromatic carbocycles. The highest BCUT2D eigenvalue weighted by Gasteiger charge is 2.28. The molecule has 0 saturated carbocycles. The lowest BCUT2D eigenvalue weighted by atomic mass is 9.94. The van der Waals surface area contributed by atoms with Gasteiger partial charge in [-0.05, 0) is 47.1 Å². The van der Waals surface area contributed by atoms with Crippen LogP contribution in [0.4, 0.5) is 5.69 Å². The van der Waals surface area contributed by atoms with Crippen molar-refractivity contribution in [2.45, 2.75) is 0 Å². The molecule has 4 rings (SSSR count). The van der Waals surface area contributed by atoms with Gasteiger partial charge in [-0.1, -0.05) is 60.7 Å². The van der Waals surface area contributed by atoms with Gasteiger partial charge in [0.25, 0.3) is 5.69 Å². The van der Waals surface area contributed by atoms with Crippen LogP contribution in [0.3, 0.4) is 0 Å². The molecule has 6 heteroatoms.